The predicted octanol–water partition coefficient (Wildman–Crippen LogP) is 4.02. The number of nitrogens with two attached hydrogens (primary N) is 1. The molecule has 0 aliphatic heterocycles. The van der Waals surface area contributed by atoms with Crippen LogP contribution in [0.4, 0.5) is 5.95 Å². The zero-order valence-electron chi connectivity index (χ0n) is 20.1. The number of fused-ring (bicyclic) bond motifs is 1. The highest BCUT2D eigenvalue weighted by molar-refractivity contribution is 7.51. The van der Waals surface area contributed by atoms with E-state index < -0.39 is 19.8 Å². The predicted molar refractivity (Wildman–Crippen MR) is 133 cm³/mol. The third-order valence-electron chi connectivity index (χ3n) is 6.16. The van der Waals surface area contributed by atoms with Gasteiger partial charge in [-0.15, -0.1) is 0 Å². The van der Waals surface area contributed by atoms with Crippen molar-refractivity contribution in [3.8, 4) is 11.6 Å². The number of methoxy groups -OCH3 is 1. The molecule has 1 aromatic carbocycles. The Morgan fingerprint density at radius 1 is 1.33 bits per heavy atom. The average molecular weight is 539 g/mol. The molecular weight excluding hydrogens is 511 g/mol. The SMILES string of the molecule is CCN(C(C)C(=O)O)P(=O)(OC[C@H]1C[C@@H](n2cnc3c(OC)nc(N)nc32)C1)Oc1ccc(Cl)cc1. The van der Waals surface area contributed by atoms with Gasteiger partial charge in [0.2, 0.25) is 11.8 Å². The van der Waals surface area contributed by atoms with Crippen LogP contribution in [0.1, 0.15) is 32.7 Å². The number of anilines is 1. The molecule has 0 saturated heterocycles. The van der Waals surface area contributed by atoms with Gasteiger partial charge in [0, 0.05) is 17.6 Å². The fourth-order valence-corrected chi connectivity index (χ4v) is 6.24. The van der Waals surface area contributed by atoms with Crippen LogP contribution in [0.25, 0.3) is 11.2 Å². The van der Waals surface area contributed by atoms with E-state index in [-0.39, 0.29) is 36.8 Å². The van der Waals surface area contributed by atoms with Gasteiger partial charge >= 0.3 is 13.7 Å². The van der Waals surface area contributed by atoms with Crippen LogP contribution in [-0.2, 0) is 13.9 Å². The highest BCUT2D eigenvalue weighted by Crippen LogP contribution is 2.54. The molecule has 0 bridgehead atoms. The van der Waals surface area contributed by atoms with Gasteiger partial charge in [0.1, 0.15) is 11.8 Å². The van der Waals surface area contributed by atoms with Gasteiger partial charge in [-0.2, -0.15) is 14.6 Å². The van der Waals surface area contributed by atoms with Crippen molar-refractivity contribution in [3.05, 3.63) is 35.6 Å². The minimum absolute atomic E-state index is 0.0644. The number of carboxylic acid groups (broad SMARTS) is 1. The molecule has 3 N–H and O–H groups in total. The molecule has 0 spiro atoms. The Morgan fingerprint density at radius 2 is 2.03 bits per heavy atom. The number of hydrogen-bond acceptors (Lipinski definition) is 9. The van der Waals surface area contributed by atoms with Gasteiger partial charge in [-0.3, -0.25) is 9.32 Å². The molecule has 12 nitrogen and oxygen atoms in total. The Hall–Kier alpha value is -2.92. The molecule has 14 heteroatoms. The van der Waals surface area contributed by atoms with Crippen molar-refractivity contribution in [2.24, 2.45) is 5.92 Å². The number of carboxylic acids is 1. The van der Waals surface area contributed by atoms with Crippen LogP contribution in [0.5, 0.6) is 11.6 Å². The Bertz CT molecular complexity index is 1280. The van der Waals surface area contributed by atoms with Gasteiger partial charge in [0.15, 0.2) is 11.2 Å². The van der Waals surface area contributed by atoms with Crippen molar-refractivity contribution < 1.29 is 28.3 Å². The van der Waals surface area contributed by atoms with E-state index in [4.69, 9.17) is 31.1 Å². The maximum atomic E-state index is 13.9. The molecule has 36 heavy (non-hydrogen) atoms. The van der Waals surface area contributed by atoms with Crippen molar-refractivity contribution in [1.29, 1.82) is 0 Å². The first kappa shape index (κ1) is 26.2. The second kappa shape index (κ2) is 10.6. The second-order valence-corrected chi connectivity index (χ2v) is 10.8. The molecule has 2 heterocycles. The van der Waals surface area contributed by atoms with Crippen molar-refractivity contribution in [3.63, 3.8) is 0 Å². The quantitative estimate of drug-likeness (QED) is 0.340. The third kappa shape index (κ3) is 5.27. The van der Waals surface area contributed by atoms with Gasteiger partial charge in [0.05, 0.1) is 20.0 Å². The van der Waals surface area contributed by atoms with E-state index in [2.05, 4.69) is 15.0 Å². The summed E-state index contributed by atoms with van der Waals surface area (Å²) in [5.41, 5.74) is 6.91. The van der Waals surface area contributed by atoms with Crippen molar-refractivity contribution >= 4 is 42.4 Å². The van der Waals surface area contributed by atoms with Gasteiger partial charge in [-0.25, -0.2) is 9.55 Å². The Labute approximate surface area is 212 Å². The minimum atomic E-state index is -4.01. The van der Waals surface area contributed by atoms with E-state index in [0.717, 1.165) is 0 Å². The van der Waals surface area contributed by atoms with Gasteiger partial charge < -0.3 is 24.7 Å². The smallest absolute Gasteiger partial charge is 0.462 e. The first-order valence-electron chi connectivity index (χ1n) is 11.4. The number of imidazole rings is 1. The van der Waals surface area contributed by atoms with E-state index in [1.165, 1.54) is 18.7 Å². The lowest BCUT2D eigenvalue weighted by Crippen LogP contribution is -2.39. The van der Waals surface area contributed by atoms with Crippen LogP contribution >= 0.6 is 19.3 Å². The minimum Gasteiger partial charge on any atom is -0.480 e. The Morgan fingerprint density at radius 3 is 2.64 bits per heavy atom. The number of ether oxygens (including phenoxy) is 1. The molecule has 0 radical (unpaired) electrons. The van der Waals surface area contributed by atoms with Crippen LogP contribution in [0.2, 0.25) is 5.02 Å². The van der Waals surface area contributed by atoms with Crippen LogP contribution in [0, 0.1) is 5.92 Å². The Kier molecular flexibility index (Phi) is 7.70. The maximum Gasteiger partial charge on any atom is 0.462 e. The largest absolute Gasteiger partial charge is 0.480 e. The van der Waals surface area contributed by atoms with Gasteiger partial charge in [0.25, 0.3) is 0 Å². The van der Waals surface area contributed by atoms with E-state index in [9.17, 15) is 14.5 Å². The Balaban J connectivity index is 1.47. The van der Waals surface area contributed by atoms with Gasteiger partial charge in [-0.1, -0.05) is 18.5 Å². The fraction of sp³-hybridized carbons (Fsp3) is 0.455. The number of nitrogen functional groups attached to an aromatic ring is 1. The van der Waals surface area contributed by atoms with Crippen molar-refractivity contribution in [1.82, 2.24) is 24.2 Å². The number of hydrogen-bond donors (Lipinski definition) is 2. The number of carbonyl (C=O) groups is 1. The lowest BCUT2D eigenvalue weighted by molar-refractivity contribution is -0.141. The summed E-state index contributed by atoms with van der Waals surface area (Å²) >= 11 is 5.94. The molecule has 194 valence electrons. The van der Waals surface area contributed by atoms with E-state index in [0.29, 0.717) is 34.9 Å². The van der Waals surface area contributed by atoms with Gasteiger partial charge in [-0.05, 0) is 49.9 Å². The number of halogens is 1. The molecular formula is C22H28ClN6O6P. The molecule has 1 aliphatic rings. The standard InChI is InChI=1S/C22H28ClN6O6P/c1-4-29(13(2)21(30)31)36(32,35-17-7-5-15(23)6-8-17)34-11-14-9-16(10-14)28-12-25-18-19(28)26-22(24)27-20(18)33-3/h5-8,12-14,16H,4,9-11H2,1-3H3,(H,30,31)(H2,24,26,27)/t13?,14-,16+,36?. The van der Waals surface area contributed by atoms with Crippen LogP contribution in [0.3, 0.4) is 0 Å². The number of rotatable bonds is 11. The third-order valence-corrected chi connectivity index (χ3v) is 8.58. The lowest BCUT2D eigenvalue weighted by atomic mass is 9.81. The fourth-order valence-electron chi connectivity index (χ4n) is 4.15. The molecule has 4 rings (SSSR count). The molecule has 1 aliphatic carbocycles. The molecule has 2 unspecified atom stereocenters. The number of aliphatic carboxylic acids is 1. The molecule has 2 aromatic heterocycles. The van der Waals surface area contributed by atoms with Crippen LogP contribution in [-0.4, -0.2) is 61.6 Å². The van der Waals surface area contributed by atoms with E-state index >= 15 is 0 Å². The first-order valence-corrected chi connectivity index (χ1v) is 13.3. The summed E-state index contributed by atoms with van der Waals surface area (Å²) < 4.78 is 34.0. The topological polar surface area (TPSA) is 155 Å². The molecule has 3 aromatic rings. The second-order valence-electron chi connectivity index (χ2n) is 8.49. The summed E-state index contributed by atoms with van der Waals surface area (Å²) in [6.45, 7) is 3.41. The summed E-state index contributed by atoms with van der Waals surface area (Å²) in [5, 5.41) is 10.0. The average Bonchev–Trinajstić information content (AvgIpc) is 3.22. The van der Waals surface area contributed by atoms with Crippen molar-refractivity contribution in [2.75, 3.05) is 26.0 Å². The molecule has 0 amide bonds. The first-order chi connectivity index (χ1) is 17.1. The van der Waals surface area contributed by atoms with E-state index in [1.54, 1.807) is 37.5 Å². The van der Waals surface area contributed by atoms with Crippen LogP contribution < -0.4 is 15.0 Å². The van der Waals surface area contributed by atoms with Crippen LogP contribution in [0.15, 0.2) is 30.6 Å². The highest BCUT2D eigenvalue weighted by atomic mass is 35.5. The molecule has 2 atom stereocenters. The summed E-state index contributed by atoms with van der Waals surface area (Å²) in [4.78, 5) is 24.4. The maximum absolute atomic E-state index is 13.9. The summed E-state index contributed by atoms with van der Waals surface area (Å²) in [5.74, 6) is -0.403. The highest BCUT2D eigenvalue weighted by Gasteiger charge is 2.42. The number of nitrogens with zero attached hydrogens (tertiary/aromatic N) is 5. The normalized spacial score (nSPS) is 20.0. The summed E-state index contributed by atoms with van der Waals surface area (Å²) in [7, 11) is -2.52. The number of aromatic nitrogens is 4. The molecule has 1 saturated carbocycles. The summed E-state index contributed by atoms with van der Waals surface area (Å²) in [6.07, 6.45) is 3.09. The zero-order valence-corrected chi connectivity index (χ0v) is 21.7. The molecule has 1 fully saturated rings. The summed E-state index contributed by atoms with van der Waals surface area (Å²) in [6, 6.07) is 5.30. The zero-order chi connectivity index (χ0) is 26.0. The lowest BCUT2D eigenvalue weighted by Gasteiger charge is -2.38. The number of likely N-dealkylation sites (N-methyl/N-ethyl adjacent to an activating group) is 1. The monoisotopic (exact) mass is 538 g/mol. The van der Waals surface area contributed by atoms with E-state index in [1.807, 2.05) is 4.57 Å². The number of benzene rings is 1. The van der Waals surface area contributed by atoms with Crippen molar-refractivity contribution in [2.45, 2.75) is 38.8 Å².